The largest absolute Gasteiger partial charge is 0.298 e. The van der Waals surface area contributed by atoms with Crippen LogP contribution in [0.15, 0.2) is 58.8 Å². The van der Waals surface area contributed by atoms with Crippen molar-refractivity contribution < 1.29 is 13.2 Å². The predicted octanol–water partition coefficient (Wildman–Crippen LogP) is 3.92. The van der Waals surface area contributed by atoms with E-state index in [0.29, 0.717) is 16.4 Å². The molecule has 0 saturated heterocycles. The molecule has 4 aromatic rings. The lowest BCUT2D eigenvalue weighted by atomic mass is 10.2. The molecule has 0 unspecified atom stereocenters. The van der Waals surface area contributed by atoms with Crippen molar-refractivity contribution in [3.63, 3.8) is 0 Å². The van der Waals surface area contributed by atoms with Gasteiger partial charge in [0.1, 0.15) is 10.7 Å². The highest BCUT2D eigenvalue weighted by atomic mass is 32.2. The minimum Gasteiger partial charge on any atom is -0.298 e. The fourth-order valence-corrected chi connectivity index (χ4v) is 5.16. The number of thiazole rings is 2. The zero-order valence-corrected chi connectivity index (χ0v) is 17.9. The molecule has 0 fully saturated rings. The molecule has 0 aliphatic carbocycles. The van der Waals surface area contributed by atoms with E-state index in [-0.39, 0.29) is 10.8 Å². The zero-order chi connectivity index (χ0) is 20.6. The maximum atomic E-state index is 12.5. The number of carbonyl (C=O) groups excluding carboxylic acids is 1. The Bertz CT molecular complexity index is 1260. The van der Waals surface area contributed by atoms with Crippen molar-refractivity contribution in [3.05, 3.63) is 59.5 Å². The van der Waals surface area contributed by atoms with E-state index in [1.165, 1.54) is 49.7 Å². The number of anilines is 1. The second-order valence-corrected chi connectivity index (χ2v) is 10.3. The number of benzene rings is 2. The summed E-state index contributed by atoms with van der Waals surface area (Å²) in [7, 11) is -0.612. The van der Waals surface area contributed by atoms with Gasteiger partial charge in [-0.3, -0.25) is 10.1 Å². The van der Waals surface area contributed by atoms with Gasteiger partial charge in [-0.15, -0.1) is 22.7 Å². The maximum Gasteiger partial charge on any atom is 0.257 e. The van der Waals surface area contributed by atoms with Gasteiger partial charge in [-0.1, -0.05) is 12.1 Å². The SMILES string of the molecule is CN(C)S(=O)(=O)c1ccc(C(=O)Nc2nc(-c3nc4ccccc4s3)cs2)cc1. The summed E-state index contributed by atoms with van der Waals surface area (Å²) >= 11 is 2.85. The number of para-hydroxylation sites is 1. The van der Waals surface area contributed by atoms with E-state index in [2.05, 4.69) is 15.3 Å². The topological polar surface area (TPSA) is 92.3 Å². The minimum atomic E-state index is -3.53. The van der Waals surface area contributed by atoms with Crippen LogP contribution in [-0.4, -0.2) is 42.7 Å². The molecule has 0 aliphatic heterocycles. The molecular formula is C19H16N4O3S3. The molecule has 0 bridgehead atoms. The molecule has 0 radical (unpaired) electrons. The van der Waals surface area contributed by atoms with Crippen molar-refractivity contribution in [2.45, 2.75) is 4.90 Å². The van der Waals surface area contributed by atoms with Crippen LogP contribution in [0.4, 0.5) is 5.13 Å². The fraction of sp³-hybridized carbons (Fsp3) is 0.105. The Morgan fingerprint density at radius 3 is 2.45 bits per heavy atom. The van der Waals surface area contributed by atoms with Gasteiger partial charge >= 0.3 is 0 Å². The molecule has 2 aromatic heterocycles. The number of hydrogen-bond acceptors (Lipinski definition) is 7. The van der Waals surface area contributed by atoms with Crippen LogP contribution in [0.3, 0.4) is 0 Å². The van der Waals surface area contributed by atoms with E-state index in [1.807, 2.05) is 29.6 Å². The van der Waals surface area contributed by atoms with Crippen LogP contribution in [0.5, 0.6) is 0 Å². The smallest absolute Gasteiger partial charge is 0.257 e. The molecule has 7 nitrogen and oxygen atoms in total. The molecule has 148 valence electrons. The summed E-state index contributed by atoms with van der Waals surface area (Å²) in [5, 5.41) is 5.84. The first-order valence-electron chi connectivity index (χ1n) is 8.50. The van der Waals surface area contributed by atoms with Gasteiger partial charge in [0.05, 0.1) is 15.1 Å². The number of amides is 1. The molecule has 1 amide bonds. The normalized spacial score (nSPS) is 11.8. The predicted molar refractivity (Wildman–Crippen MR) is 116 cm³/mol. The third kappa shape index (κ3) is 3.92. The number of carbonyl (C=O) groups is 1. The average molecular weight is 445 g/mol. The van der Waals surface area contributed by atoms with Crippen LogP contribution < -0.4 is 5.32 Å². The number of aromatic nitrogens is 2. The first-order valence-corrected chi connectivity index (χ1v) is 11.6. The Labute approximate surface area is 175 Å². The summed E-state index contributed by atoms with van der Waals surface area (Å²) in [6.07, 6.45) is 0. The van der Waals surface area contributed by atoms with Gasteiger partial charge in [0.25, 0.3) is 5.91 Å². The summed E-state index contributed by atoms with van der Waals surface area (Å²) in [5.74, 6) is -0.357. The second kappa shape index (κ2) is 7.64. The van der Waals surface area contributed by atoms with E-state index in [1.54, 1.807) is 11.3 Å². The summed E-state index contributed by atoms with van der Waals surface area (Å²) < 4.78 is 26.4. The first kappa shape index (κ1) is 19.6. The molecule has 0 aliphatic rings. The monoisotopic (exact) mass is 444 g/mol. The highest BCUT2D eigenvalue weighted by Crippen LogP contribution is 2.32. The molecule has 2 heterocycles. The molecule has 4 rings (SSSR count). The molecular weight excluding hydrogens is 428 g/mol. The number of rotatable bonds is 5. The highest BCUT2D eigenvalue weighted by Gasteiger charge is 2.18. The zero-order valence-electron chi connectivity index (χ0n) is 15.5. The van der Waals surface area contributed by atoms with Crippen LogP contribution in [0.1, 0.15) is 10.4 Å². The van der Waals surface area contributed by atoms with Crippen LogP contribution in [0.2, 0.25) is 0 Å². The van der Waals surface area contributed by atoms with Crippen LogP contribution in [0, 0.1) is 0 Å². The van der Waals surface area contributed by atoms with Crippen LogP contribution in [-0.2, 0) is 10.0 Å². The standard InChI is InChI=1S/C19H16N4O3S3/c1-23(2)29(25,26)13-9-7-12(8-10-13)17(24)22-19-21-15(11-27-19)18-20-14-5-3-4-6-16(14)28-18/h3-11H,1-2H3,(H,21,22,24). The van der Waals surface area contributed by atoms with Gasteiger partial charge in [0, 0.05) is 25.0 Å². The highest BCUT2D eigenvalue weighted by molar-refractivity contribution is 7.89. The lowest BCUT2D eigenvalue weighted by Crippen LogP contribution is -2.22. The Hall–Kier alpha value is -2.66. The lowest BCUT2D eigenvalue weighted by Gasteiger charge is -2.11. The van der Waals surface area contributed by atoms with E-state index < -0.39 is 10.0 Å². The summed E-state index contributed by atoms with van der Waals surface area (Å²) in [6.45, 7) is 0. The number of nitrogens with zero attached hydrogens (tertiary/aromatic N) is 3. The van der Waals surface area contributed by atoms with E-state index >= 15 is 0 Å². The van der Waals surface area contributed by atoms with E-state index in [9.17, 15) is 13.2 Å². The third-order valence-electron chi connectivity index (χ3n) is 4.13. The van der Waals surface area contributed by atoms with Crippen molar-refractivity contribution in [1.29, 1.82) is 0 Å². The molecule has 0 spiro atoms. The van der Waals surface area contributed by atoms with Crippen molar-refractivity contribution in [2.24, 2.45) is 0 Å². The van der Waals surface area contributed by atoms with Crippen LogP contribution in [0.25, 0.3) is 20.9 Å². The van der Waals surface area contributed by atoms with Gasteiger partial charge < -0.3 is 0 Å². The number of sulfonamides is 1. The first-order chi connectivity index (χ1) is 13.8. The number of fused-ring (bicyclic) bond motifs is 1. The number of hydrogen-bond donors (Lipinski definition) is 1. The molecule has 10 heteroatoms. The molecule has 29 heavy (non-hydrogen) atoms. The quantitative estimate of drug-likeness (QED) is 0.504. The van der Waals surface area contributed by atoms with Gasteiger partial charge in [0.2, 0.25) is 10.0 Å². The molecule has 2 aromatic carbocycles. The van der Waals surface area contributed by atoms with E-state index in [4.69, 9.17) is 0 Å². The van der Waals surface area contributed by atoms with Crippen molar-refractivity contribution >= 4 is 54.0 Å². The molecule has 1 N–H and O–H groups in total. The summed E-state index contributed by atoms with van der Waals surface area (Å²) in [4.78, 5) is 21.6. The fourth-order valence-electron chi connectivity index (χ4n) is 2.57. The van der Waals surface area contributed by atoms with Gasteiger partial charge in [-0.2, -0.15) is 0 Å². The minimum absolute atomic E-state index is 0.131. The van der Waals surface area contributed by atoms with E-state index in [0.717, 1.165) is 19.5 Å². The lowest BCUT2D eigenvalue weighted by molar-refractivity contribution is 0.102. The maximum absolute atomic E-state index is 12.5. The Morgan fingerprint density at radius 2 is 1.76 bits per heavy atom. The average Bonchev–Trinajstić information content (AvgIpc) is 3.34. The van der Waals surface area contributed by atoms with Crippen molar-refractivity contribution in [3.8, 4) is 10.7 Å². The Balaban J connectivity index is 1.50. The van der Waals surface area contributed by atoms with Crippen molar-refractivity contribution in [2.75, 3.05) is 19.4 Å². The summed E-state index contributed by atoms with van der Waals surface area (Å²) in [6, 6.07) is 13.6. The molecule has 0 saturated carbocycles. The Morgan fingerprint density at radius 1 is 1.03 bits per heavy atom. The molecule has 0 atom stereocenters. The van der Waals surface area contributed by atoms with Gasteiger partial charge in [0.15, 0.2) is 5.13 Å². The second-order valence-electron chi connectivity index (χ2n) is 6.29. The van der Waals surface area contributed by atoms with Gasteiger partial charge in [-0.25, -0.2) is 22.7 Å². The third-order valence-corrected chi connectivity index (χ3v) is 7.78. The number of nitrogens with one attached hydrogen (secondary N) is 1. The summed E-state index contributed by atoms with van der Waals surface area (Å²) in [5.41, 5.74) is 1.97. The van der Waals surface area contributed by atoms with Gasteiger partial charge in [-0.05, 0) is 36.4 Å². The van der Waals surface area contributed by atoms with Crippen molar-refractivity contribution in [1.82, 2.24) is 14.3 Å². The van der Waals surface area contributed by atoms with Crippen LogP contribution >= 0.6 is 22.7 Å². The Kier molecular flexibility index (Phi) is 5.17.